The van der Waals surface area contributed by atoms with E-state index in [0.29, 0.717) is 19.7 Å². The van der Waals surface area contributed by atoms with E-state index in [0.717, 1.165) is 69.0 Å². The molecule has 0 saturated carbocycles. The zero-order valence-electron chi connectivity index (χ0n) is 19.0. The van der Waals surface area contributed by atoms with Crippen LogP contribution >= 0.6 is 0 Å². The van der Waals surface area contributed by atoms with E-state index in [-0.39, 0.29) is 5.91 Å². The van der Waals surface area contributed by atoms with Gasteiger partial charge in [-0.25, -0.2) is 0 Å². The first kappa shape index (κ1) is 23.0. The minimum absolute atomic E-state index is 0.280. The molecule has 2 aliphatic heterocycles. The Morgan fingerprint density at radius 3 is 2.20 bits per heavy atom. The van der Waals surface area contributed by atoms with E-state index in [1.54, 1.807) is 0 Å². The summed E-state index contributed by atoms with van der Waals surface area (Å²) in [7, 11) is 0. The highest BCUT2D eigenvalue weighted by atomic mass is 16.5. The number of carbonyl (C=O) groups is 1. The average molecular weight is 418 g/mol. The van der Waals surface area contributed by atoms with Gasteiger partial charge in [0.25, 0.3) is 0 Å². The van der Waals surface area contributed by atoms with Crippen LogP contribution in [0.1, 0.15) is 42.4 Å². The van der Waals surface area contributed by atoms with Gasteiger partial charge in [0.2, 0.25) is 5.91 Å². The molecule has 2 aliphatic rings. The fourth-order valence-electron chi connectivity index (χ4n) is 4.42. The molecule has 2 saturated heterocycles. The minimum Gasteiger partial charge on any atom is -0.490 e. The number of rotatable bonds is 7. The van der Waals surface area contributed by atoms with Crippen molar-refractivity contribution in [1.29, 1.82) is 0 Å². The van der Waals surface area contributed by atoms with Crippen LogP contribution in [0, 0.1) is 20.8 Å². The smallest absolute Gasteiger partial charge is 0.236 e. The number of β-amino-alcohol motifs (C(OH)–C–C–N with tert-alkyl or cyclic N) is 1. The molecule has 0 aliphatic carbocycles. The maximum absolute atomic E-state index is 12.6. The van der Waals surface area contributed by atoms with Crippen molar-refractivity contribution in [2.24, 2.45) is 0 Å². The van der Waals surface area contributed by atoms with Crippen molar-refractivity contribution < 1.29 is 14.6 Å². The number of hydrogen-bond acceptors (Lipinski definition) is 5. The van der Waals surface area contributed by atoms with Crippen molar-refractivity contribution >= 4 is 5.91 Å². The molecule has 1 aromatic rings. The molecule has 0 aromatic heterocycles. The van der Waals surface area contributed by atoms with Gasteiger partial charge >= 0.3 is 0 Å². The Kier molecular flexibility index (Phi) is 8.54. The number of ether oxygens (including phenoxy) is 1. The fraction of sp³-hybridized carbons (Fsp3) is 0.708. The highest BCUT2D eigenvalue weighted by Gasteiger charge is 2.23. The molecule has 1 aromatic carbocycles. The first-order valence-electron chi connectivity index (χ1n) is 11.5. The van der Waals surface area contributed by atoms with E-state index in [1.807, 2.05) is 6.92 Å². The molecule has 1 unspecified atom stereocenters. The van der Waals surface area contributed by atoms with Crippen LogP contribution in [0.5, 0.6) is 5.75 Å². The van der Waals surface area contributed by atoms with Crippen LogP contribution < -0.4 is 4.74 Å². The maximum Gasteiger partial charge on any atom is 0.236 e. The Balaban J connectivity index is 1.38. The largest absolute Gasteiger partial charge is 0.490 e. The van der Waals surface area contributed by atoms with Crippen molar-refractivity contribution in [3.8, 4) is 5.75 Å². The molecule has 6 nitrogen and oxygen atoms in total. The Bertz CT molecular complexity index is 693. The van der Waals surface area contributed by atoms with E-state index in [4.69, 9.17) is 4.74 Å². The number of aliphatic hydroxyl groups excluding tert-OH is 1. The predicted molar refractivity (Wildman–Crippen MR) is 120 cm³/mol. The van der Waals surface area contributed by atoms with Gasteiger partial charge in [-0.1, -0.05) is 25.0 Å². The minimum atomic E-state index is -0.519. The molecular weight excluding hydrogens is 378 g/mol. The van der Waals surface area contributed by atoms with Gasteiger partial charge < -0.3 is 14.7 Å². The summed E-state index contributed by atoms with van der Waals surface area (Å²) in [6.07, 6.45) is 4.26. The quantitative estimate of drug-likeness (QED) is 0.738. The normalized spacial score (nSPS) is 20.1. The van der Waals surface area contributed by atoms with Crippen molar-refractivity contribution in [1.82, 2.24) is 14.7 Å². The molecule has 0 spiro atoms. The number of aliphatic hydroxyl groups is 1. The van der Waals surface area contributed by atoms with Crippen LogP contribution in [0.2, 0.25) is 0 Å². The first-order chi connectivity index (χ1) is 14.4. The van der Waals surface area contributed by atoms with Crippen LogP contribution in [-0.2, 0) is 4.79 Å². The summed E-state index contributed by atoms with van der Waals surface area (Å²) >= 11 is 0. The zero-order chi connectivity index (χ0) is 21.5. The number of aryl methyl sites for hydroxylation is 2. The Hall–Kier alpha value is -1.63. The summed E-state index contributed by atoms with van der Waals surface area (Å²) in [6.45, 7) is 13.0. The second-order valence-electron chi connectivity index (χ2n) is 8.99. The SMILES string of the molecule is Cc1ccc(C)c(OCC(O)CN2CCN(CC(=O)N3CCCCCC3)CC2)c1C. The standard InChI is InChI=1S/C24H39N3O3/c1-19-8-9-20(2)24(21(19)3)30-18-22(28)16-25-12-14-26(15-13-25)17-23(29)27-10-6-4-5-7-11-27/h8-9,22,28H,4-7,10-18H2,1-3H3. The predicted octanol–water partition coefficient (Wildman–Crippen LogP) is 2.37. The molecule has 6 heteroatoms. The fourth-order valence-corrected chi connectivity index (χ4v) is 4.42. The number of likely N-dealkylation sites (tertiary alicyclic amines) is 1. The Morgan fingerprint density at radius 2 is 1.53 bits per heavy atom. The van der Waals surface area contributed by atoms with Crippen LogP contribution in [0.25, 0.3) is 0 Å². The summed E-state index contributed by atoms with van der Waals surface area (Å²) in [5.41, 5.74) is 3.45. The summed E-state index contributed by atoms with van der Waals surface area (Å²) in [6, 6.07) is 4.17. The number of nitrogens with zero attached hydrogens (tertiary/aromatic N) is 3. The van der Waals surface area contributed by atoms with Crippen molar-refractivity contribution in [2.75, 3.05) is 59.0 Å². The molecule has 30 heavy (non-hydrogen) atoms. The van der Waals surface area contributed by atoms with Crippen molar-refractivity contribution in [3.05, 3.63) is 28.8 Å². The van der Waals surface area contributed by atoms with Gasteiger partial charge in [-0.15, -0.1) is 0 Å². The maximum atomic E-state index is 12.6. The molecule has 2 fully saturated rings. The number of benzene rings is 1. The van der Waals surface area contributed by atoms with Gasteiger partial charge in [-0.3, -0.25) is 14.6 Å². The first-order valence-corrected chi connectivity index (χ1v) is 11.5. The third-order valence-corrected chi connectivity index (χ3v) is 6.55. The summed E-state index contributed by atoms with van der Waals surface area (Å²) < 4.78 is 5.97. The van der Waals surface area contributed by atoms with E-state index in [1.165, 1.54) is 18.4 Å². The van der Waals surface area contributed by atoms with Gasteiger partial charge in [0.15, 0.2) is 0 Å². The number of hydrogen-bond donors (Lipinski definition) is 1. The summed E-state index contributed by atoms with van der Waals surface area (Å²) in [5, 5.41) is 10.5. The molecule has 2 heterocycles. The van der Waals surface area contributed by atoms with Crippen molar-refractivity contribution in [3.63, 3.8) is 0 Å². The molecule has 168 valence electrons. The third-order valence-electron chi connectivity index (χ3n) is 6.55. The van der Waals surface area contributed by atoms with Gasteiger partial charge in [0.1, 0.15) is 18.5 Å². The molecule has 3 rings (SSSR count). The van der Waals surface area contributed by atoms with Crippen LogP contribution in [-0.4, -0.2) is 90.8 Å². The van der Waals surface area contributed by atoms with Crippen LogP contribution in [0.15, 0.2) is 12.1 Å². The van der Waals surface area contributed by atoms with E-state index in [2.05, 4.69) is 40.7 Å². The molecular formula is C24H39N3O3. The van der Waals surface area contributed by atoms with E-state index >= 15 is 0 Å². The van der Waals surface area contributed by atoms with E-state index < -0.39 is 6.10 Å². The lowest BCUT2D eigenvalue weighted by Gasteiger charge is -2.36. The third kappa shape index (κ3) is 6.43. The summed E-state index contributed by atoms with van der Waals surface area (Å²) in [4.78, 5) is 19.2. The van der Waals surface area contributed by atoms with Crippen LogP contribution in [0.4, 0.5) is 0 Å². The zero-order valence-corrected chi connectivity index (χ0v) is 19.0. The van der Waals surface area contributed by atoms with Gasteiger partial charge in [0.05, 0.1) is 6.54 Å². The average Bonchev–Trinajstić information content (AvgIpc) is 3.02. The van der Waals surface area contributed by atoms with E-state index in [9.17, 15) is 9.90 Å². The lowest BCUT2D eigenvalue weighted by molar-refractivity contribution is -0.132. The van der Waals surface area contributed by atoms with Crippen molar-refractivity contribution in [2.45, 2.75) is 52.6 Å². The topological polar surface area (TPSA) is 56.3 Å². The second-order valence-corrected chi connectivity index (χ2v) is 8.99. The molecule has 1 amide bonds. The highest BCUT2D eigenvalue weighted by Crippen LogP contribution is 2.25. The number of carbonyl (C=O) groups excluding carboxylic acids is 1. The lowest BCUT2D eigenvalue weighted by Crippen LogP contribution is -2.51. The molecule has 1 N–H and O–H groups in total. The molecule has 0 radical (unpaired) electrons. The highest BCUT2D eigenvalue weighted by molar-refractivity contribution is 5.78. The van der Waals surface area contributed by atoms with Gasteiger partial charge in [0, 0.05) is 45.8 Å². The molecule has 0 bridgehead atoms. The van der Waals surface area contributed by atoms with Gasteiger partial charge in [-0.05, 0) is 50.3 Å². The monoisotopic (exact) mass is 417 g/mol. The Morgan fingerprint density at radius 1 is 0.933 bits per heavy atom. The Labute approximate surface area is 181 Å². The number of amides is 1. The second kappa shape index (κ2) is 11.1. The number of piperazine rings is 1. The summed E-state index contributed by atoms with van der Waals surface area (Å²) in [5.74, 6) is 1.17. The lowest BCUT2D eigenvalue weighted by atomic mass is 10.1. The van der Waals surface area contributed by atoms with Crippen LogP contribution in [0.3, 0.4) is 0 Å². The van der Waals surface area contributed by atoms with Gasteiger partial charge in [-0.2, -0.15) is 0 Å². The molecule has 1 atom stereocenters.